The summed E-state index contributed by atoms with van der Waals surface area (Å²) in [6.45, 7) is 13.3. The molecular weight excluding hydrogens is 514 g/mol. The van der Waals surface area contributed by atoms with Gasteiger partial charge in [0.05, 0.1) is 23.5 Å². The lowest BCUT2D eigenvalue weighted by Gasteiger charge is -2.28. The lowest BCUT2D eigenvalue weighted by molar-refractivity contribution is -0.116. The predicted octanol–water partition coefficient (Wildman–Crippen LogP) is 6.72. The molecule has 1 amide bonds. The zero-order chi connectivity index (χ0) is 28.6. The van der Waals surface area contributed by atoms with Crippen LogP contribution in [0.5, 0.6) is 0 Å². The number of carbonyl (C=O) groups excluding carboxylic acids is 1. The number of hydrogen-bond acceptors (Lipinski definition) is 3. The molecule has 2 aromatic heterocycles. The van der Waals surface area contributed by atoms with Gasteiger partial charge in [0.2, 0.25) is 5.91 Å². The molecule has 3 heterocycles. The maximum Gasteiger partial charge on any atom is 0.226 e. The van der Waals surface area contributed by atoms with Gasteiger partial charge < -0.3 is 20.1 Å². The second-order valence-electron chi connectivity index (χ2n) is 10.8. The first-order chi connectivity index (χ1) is 19.2. The van der Waals surface area contributed by atoms with Crippen LogP contribution >= 0.6 is 12.2 Å². The average Bonchev–Trinajstić information content (AvgIpc) is 3.39. The van der Waals surface area contributed by atoms with Crippen LogP contribution < -0.4 is 10.6 Å². The van der Waals surface area contributed by atoms with Crippen LogP contribution in [0, 0.1) is 41.5 Å². The molecule has 0 aliphatic carbocycles. The van der Waals surface area contributed by atoms with Gasteiger partial charge in [-0.3, -0.25) is 9.78 Å². The van der Waals surface area contributed by atoms with Crippen LogP contribution in [-0.2, 0) is 4.79 Å². The molecule has 2 N–H and O–H groups in total. The summed E-state index contributed by atoms with van der Waals surface area (Å²) in [5.41, 5.74) is 11.3. The van der Waals surface area contributed by atoms with Crippen molar-refractivity contribution in [2.75, 3.05) is 11.9 Å². The Morgan fingerprint density at radius 1 is 0.950 bits per heavy atom. The highest BCUT2D eigenvalue weighted by Crippen LogP contribution is 2.42. The summed E-state index contributed by atoms with van der Waals surface area (Å²) >= 11 is 5.88. The van der Waals surface area contributed by atoms with E-state index in [9.17, 15) is 4.79 Å². The highest BCUT2D eigenvalue weighted by molar-refractivity contribution is 7.80. The molecule has 40 heavy (non-hydrogen) atoms. The van der Waals surface area contributed by atoms with Gasteiger partial charge in [-0.2, -0.15) is 0 Å². The average molecular weight is 552 g/mol. The number of pyridine rings is 1. The molecule has 1 fully saturated rings. The van der Waals surface area contributed by atoms with Gasteiger partial charge in [-0.1, -0.05) is 42.0 Å². The van der Waals surface area contributed by atoms with E-state index >= 15 is 0 Å². The van der Waals surface area contributed by atoms with Crippen LogP contribution in [0.2, 0.25) is 0 Å². The first kappa shape index (κ1) is 27.6. The Kier molecular flexibility index (Phi) is 7.76. The number of nitrogens with one attached hydrogen (secondary N) is 2. The number of rotatable bonds is 7. The Bertz CT molecular complexity index is 1550. The lowest BCUT2D eigenvalue weighted by atomic mass is 9.96. The first-order valence-electron chi connectivity index (χ1n) is 13.8. The number of anilines is 1. The molecule has 5 rings (SSSR count). The van der Waals surface area contributed by atoms with E-state index in [0.29, 0.717) is 18.1 Å². The fraction of sp³-hybridized carbons (Fsp3) is 0.303. The van der Waals surface area contributed by atoms with Gasteiger partial charge in [-0.25, -0.2) is 0 Å². The Hall–Kier alpha value is -3.97. The van der Waals surface area contributed by atoms with Crippen molar-refractivity contribution < 1.29 is 4.79 Å². The fourth-order valence-corrected chi connectivity index (χ4v) is 6.42. The second kappa shape index (κ2) is 11.3. The minimum atomic E-state index is -0.137. The molecule has 7 heteroatoms. The number of aryl methyl sites for hydroxylation is 5. The molecule has 1 saturated heterocycles. The number of carbonyl (C=O) groups is 1. The maximum atomic E-state index is 13.0. The summed E-state index contributed by atoms with van der Waals surface area (Å²) in [6.07, 6.45) is 2.13. The van der Waals surface area contributed by atoms with Gasteiger partial charge in [-0.15, -0.1) is 0 Å². The Labute approximate surface area is 242 Å². The van der Waals surface area contributed by atoms with E-state index in [-0.39, 0.29) is 18.0 Å². The monoisotopic (exact) mass is 551 g/mol. The van der Waals surface area contributed by atoms with Gasteiger partial charge >= 0.3 is 0 Å². The molecule has 0 radical (unpaired) electrons. The summed E-state index contributed by atoms with van der Waals surface area (Å²) in [5.74, 6) is -0.0338. The smallest absolute Gasteiger partial charge is 0.226 e. The summed E-state index contributed by atoms with van der Waals surface area (Å²) < 4.78 is 2.36. The van der Waals surface area contributed by atoms with Crippen LogP contribution in [0.25, 0.3) is 5.69 Å². The van der Waals surface area contributed by atoms with Gasteiger partial charge in [0.1, 0.15) is 0 Å². The van der Waals surface area contributed by atoms with Gasteiger partial charge in [0.25, 0.3) is 0 Å². The quantitative estimate of drug-likeness (QED) is 0.250. The van der Waals surface area contributed by atoms with Gasteiger partial charge in [-0.05, 0) is 100 Å². The number of hydrogen-bond donors (Lipinski definition) is 2. The highest BCUT2D eigenvalue weighted by Gasteiger charge is 2.41. The highest BCUT2D eigenvalue weighted by atomic mass is 32.1. The molecule has 0 unspecified atom stereocenters. The molecule has 2 aromatic carbocycles. The van der Waals surface area contributed by atoms with E-state index in [0.717, 1.165) is 22.6 Å². The zero-order valence-electron chi connectivity index (χ0n) is 24.1. The van der Waals surface area contributed by atoms with Crippen LogP contribution in [-0.4, -0.2) is 32.0 Å². The topological polar surface area (TPSA) is 62.2 Å². The van der Waals surface area contributed by atoms with Gasteiger partial charge in [0.15, 0.2) is 5.11 Å². The molecule has 1 aliphatic heterocycles. The maximum absolute atomic E-state index is 13.0. The van der Waals surface area contributed by atoms with Crippen molar-refractivity contribution in [2.24, 2.45) is 0 Å². The fourth-order valence-electron chi connectivity index (χ4n) is 6.09. The Morgan fingerprint density at radius 2 is 1.65 bits per heavy atom. The number of amides is 1. The van der Waals surface area contributed by atoms with E-state index < -0.39 is 0 Å². The Morgan fingerprint density at radius 3 is 2.33 bits per heavy atom. The van der Waals surface area contributed by atoms with Crippen LogP contribution in [0.1, 0.15) is 63.4 Å². The standard InChI is InChI=1S/C33H37N5OS/c1-20-17-22(3)31(23(4)18-20)38-24(5)19-26(25(38)6)32-30(28-13-9-10-15-34-28)36-33(40)37(32)16-14-29(39)35-27-12-8-7-11-21(27)2/h7-13,15,17-19,30,32H,14,16H2,1-6H3,(H,35,39)(H,36,40)/t30-,32-/m0/s1. The van der Waals surface area contributed by atoms with Crippen molar-refractivity contribution in [3.63, 3.8) is 0 Å². The van der Waals surface area contributed by atoms with E-state index in [2.05, 4.69) is 77.9 Å². The summed E-state index contributed by atoms with van der Waals surface area (Å²) in [6, 6.07) is 20.3. The second-order valence-corrected chi connectivity index (χ2v) is 11.2. The van der Waals surface area contributed by atoms with Crippen molar-refractivity contribution in [2.45, 2.75) is 60.0 Å². The van der Waals surface area contributed by atoms with E-state index in [4.69, 9.17) is 12.2 Å². The molecular formula is C33H37N5OS. The van der Waals surface area contributed by atoms with E-state index in [1.807, 2.05) is 55.6 Å². The first-order valence-corrected chi connectivity index (χ1v) is 14.2. The minimum absolute atomic E-state index is 0.0338. The number of aromatic nitrogens is 2. The third-order valence-electron chi connectivity index (χ3n) is 7.84. The Balaban J connectivity index is 1.51. The third kappa shape index (κ3) is 5.26. The summed E-state index contributed by atoms with van der Waals surface area (Å²) in [5, 5.41) is 7.23. The predicted molar refractivity (Wildman–Crippen MR) is 166 cm³/mol. The van der Waals surface area contributed by atoms with Gasteiger partial charge in [0, 0.05) is 36.2 Å². The number of thiocarbonyl (C=S) groups is 1. The molecule has 2 atom stereocenters. The van der Waals surface area contributed by atoms with Crippen molar-refractivity contribution >= 4 is 28.9 Å². The van der Waals surface area contributed by atoms with Crippen LogP contribution in [0.4, 0.5) is 5.69 Å². The summed E-state index contributed by atoms with van der Waals surface area (Å²) in [7, 11) is 0. The number of nitrogens with zero attached hydrogens (tertiary/aromatic N) is 3. The molecule has 6 nitrogen and oxygen atoms in total. The van der Waals surface area contributed by atoms with E-state index in [1.54, 1.807) is 0 Å². The summed E-state index contributed by atoms with van der Waals surface area (Å²) in [4.78, 5) is 19.9. The van der Waals surface area contributed by atoms with Crippen molar-refractivity contribution in [1.29, 1.82) is 0 Å². The largest absolute Gasteiger partial charge is 0.352 e. The van der Waals surface area contributed by atoms with Crippen LogP contribution in [0.3, 0.4) is 0 Å². The van der Waals surface area contributed by atoms with E-state index in [1.165, 1.54) is 33.6 Å². The molecule has 1 aliphatic rings. The number of para-hydroxylation sites is 1. The number of benzene rings is 2. The molecule has 0 saturated carbocycles. The normalized spacial score (nSPS) is 16.8. The third-order valence-corrected chi connectivity index (χ3v) is 8.20. The molecule has 0 spiro atoms. The zero-order valence-corrected chi connectivity index (χ0v) is 24.9. The van der Waals surface area contributed by atoms with Crippen LogP contribution in [0.15, 0.2) is 66.9 Å². The molecule has 4 aromatic rings. The van der Waals surface area contributed by atoms with Crippen molar-refractivity contribution in [1.82, 2.24) is 19.8 Å². The minimum Gasteiger partial charge on any atom is -0.352 e. The van der Waals surface area contributed by atoms with Crippen molar-refractivity contribution in [3.8, 4) is 5.69 Å². The SMILES string of the molecule is Cc1cc(C)c(-n2c(C)cc([C@H]3[C@H](c4ccccn4)NC(=S)N3CCC(=O)Nc3ccccc3C)c2C)c(C)c1. The molecule has 0 bridgehead atoms. The molecule has 206 valence electrons. The van der Waals surface area contributed by atoms with Crippen molar-refractivity contribution in [3.05, 3.63) is 112 Å². The lowest BCUT2D eigenvalue weighted by Crippen LogP contribution is -2.33.